The minimum absolute atomic E-state index is 0.775. The molecule has 1 fully saturated rings. The van der Waals surface area contributed by atoms with Crippen LogP contribution in [0.25, 0.3) is 0 Å². The lowest BCUT2D eigenvalue weighted by Crippen LogP contribution is -2.17. The van der Waals surface area contributed by atoms with Gasteiger partial charge in [0.2, 0.25) is 0 Å². The average Bonchev–Trinajstić information content (AvgIpc) is 2.85. The van der Waals surface area contributed by atoms with Crippen molar-refractivity contribution in [2.75, 3.05) is 0 Å². The minimum atomic E-state index is 0.775. The summed E-state index contributed by atoms with van der Waals surface area (Å²) in [5, 5.41) is 3.57. The van der Waals surface area contributed by atoms with Crippen LogP contribution in [0.1, 0.15) is 30.0 Å². The van der Waals surface area contributed by atoms with Gasteiger partial charge in [-0.25, -0.2) is 0 Å². The first-order valence-electron chi connectivity index (χ1n) is 5.46. The van der Waals surface area contributed by atoms with E-state index in [1.54, 1.807) is 0 Å². The topological polar surface area (TPSA) is 12.0 Å². The van der Waals surface area contributed by atoms with Gasteiger partial charge in [0.05, 0.1) is 0 Å². The first-order chi connectivity index (χ1) is 6.66. The van der Waals surface area contributed by atoms with Crippen molar-refractivity contribution in [3.63, 3.8) is 0 Å². The fourth-order valence-corrected chi connectivity index (χ4v) is 1.77. The van der Waals surface area contributed by atoms with Crippen LogP contribution in [0.4, 0.5) is 0 Å². The van der Waals surface area contributed by atoms with Gasteiger partial charge in [-0.3, -0.25) is 0 Å². The van der Waals surface area contributed by atoms with Gasteiger partial charge in [-0.1, -0.05) is 25.1 Å². The van der Waals surface area contributed by atoms with Crippen molar-refractivity contribution in [3.05, 3.63) is 34.9 Å². The first kappa shape index (κ1) is 9.72. The number of nitrogens with one attached hydrogen (secondary N) is 1. The Hall–Kier alpha value is -0.820. The molecule has 0 spiro atoms. The van der Waals surface area contributed by atoms with Crippen molar-refractivity contribution in [3.8, 4) is 0 Å². The zero-order chi connectivity index (χ0) is 10.1. The number of hydrogen-bond donors (Lipinski definition) is 1. The lowest BCUT2D eigenvalue weighted by atomic mass is 10.1. The third kappa shape index (κ3) is 2.16. The third-order valence-electron chi connectivity index (χ3n) is 3.25. The van der Waals surface area contributed by atoms with Crippen LogP contribution in [0.2, 0.25) is 0 Å². The Balaban J connectivity index is 1.92. The van der Waals surface area contributed by atoms with Gasteiger partial charge >= 0.3 is 0 Å². The monoisotopic (exact) mass is 189 g/mol. The summed E-state index contributed by atoms with van der Waals surface area (Å²) in [5.41, 5.74) is 4.19. The highest BCUT2D eigenvalue weighted by Crippen LogP contribution is 2.29. The molecule has 0 amide bonds. The fraction of sp³-hybridized carbons (Fsp3) is 0.538. The first-order valence-corrected chi connectivity index (χ1v) is 5.46. The quantitative estimate of drug-likeness (QED) is 0.771. The maximum absolute atomic E-state index is 3.57. The van der Waals surface area contributed by atoms with Gasteiger partial charge in [0.1, 0.15) is 0 Å². The van der Waals surface area contributed by atoms with Gasteiger partial charge in [-0.2, -0.15) is 0 Å². The smallest absolute Gasteiger partial charge is 0.0208 e. The summed E-state index contributed by atoms with van der Waals surface area (Å²) in [6.45, 7) is 7.67. The average molecular weight is 189 g/mol. The molecule has 0 aliphatic heterocycles. The summed E-state index contributed by atoms with van der Waals surface area (Å²) in [6.07, 6.45) is 1.35. The number of aryl methyl sites for hydroxylation is 2. The van der Waals surface area contributed by atoms with E-state index < -0.39 is 0 Å². The second kappa shape index (κ2) is 3.74. The predicted molar refractivity (Wildman–Crippen MR) is 60.3 cm³/mol. The molecule has 2 rings (SSSR count). The van der Waals surface area contributed by atoms with E-state index in [0.717, 1.165) is 18.5 Å². The highest BCUT2D eigenvalue weighted by molar-refractivity contribution is 5.29. The molecule has 0 aromatic heterocycles. The van der Waals surface area contributed by atoms with E-state index in [2.05, 4.69) is 44.3 Å². The summed E-state index contributed by atoms with van der Waals surface area (Å²) >= 11 is 0. The SMILES string of the molecule is Cc1ccc(CN[C@@H]2C[C@H]2C)cc1C. The molecule has 0 bridgehead atoms. The summed E-state index contributed by atoms with van der Waals surface area (Å²) in [4.78, 5) is 0. The molecule has 0 heterocycles. The van der Waals surface area contributed by atoms with Gasteiger partial charge in [-0.05, 0) is 42.9 Å². The van der Waals surface area contributed by atoms with E-state index in [1.165, 1.54) is 23.1 Å². The Morgan fingerprint density at radius 2 is 2.00 bits per heavy atom. The molecular formula is C13H19N. The van der Waals surface area contributed by atoms with Crippen LogP contribution < -0.4 is 5.32 Å². The highest BCUT2D eigenvalue weighted by Gasteiger charge is 2.31. The van der Waals surface area contributed by atoms with Gasteiger partial charge in [-0.15, -0.1) is 0 Å². The number of benzene rings is 1. The van der Waals surface area contributed by atoms with Gasteiger partial charge in [0.15, 0.2) is 0 Å². The fourth-order valence-electron chi connectivity index (χ4n) is 1.77. The lowest BCUT2D eigenvalue weighted by Gasteiger charge is -2.06. The van der Waals surface area contributed by atoms with Gasteiger partial charge in [0, 0.05) is 12.6 Å². The van der Waals surface area contributed by atoms with Gasteiger partial charge in [0.25, 0.3) is 0 Å². The van der Waals surface area contributed by atoms with Crippen LogP contribution in [0.5, 0.6) is 0 Å². The molecule has 76 valence electrons. The van der Waals surface area contributed by atoms with Crippen molar-refractivity contribution < 1.29 is 0 Å². The zero-order valence-corrected chi connectivity index (χ0v) is 9.30. The predicted octanol–water partition coefficient (Wildman–Crippen LogP) is 2.80. The van der Waals surface area contributed by atoms with Gasteiger partial charge < -0.3 is 5.32 Å². The maximum atomic E-state index is 3.57. The maximum Gasteiger partial charge on any atom is 0.0208 e. The molecule has 1 nitrogen and oxygen atoms in total. The summed E-state index contributed by atoms with van der Waals surface area (Å²) < 4.78 is 0. The summed E-state index contributed by atoms with van der Waals surface area (Å²) in [6, 6.07) is 7.50. The molecule has 1 aromatic carbocycles. The molecule has 14 heavy (non-hydrogen) atoms. The number of hydrogen-bond acceptors (Lipinski definition) is 1. The Morgan fingerprint density at radius 3 is 2.57 bits per heavy atom. The molecule has 1 heteroatoms. The summed E-state index contributed by atoms with van der Waals surface area (Å²) in [5.74, 6) is 0.890. The molecule has 0 unspecified atom stereocenters. The Morgan fingerprint density at radius 1 is 1.29 bits per heavy atom. The van der Waals surface area contributed by atoms with Crippen molar-refractivity contribution >= 4 is 0 Å². The van der Waals surface area contributed by atoms with E-state index in [0.29, 0.717) is 0 Å². The molecule has 2 atom stereocenters. The second-order valence-electron chi connectivity index (χ2n) is 4.62. The van der Waals surface area contributed by atoms with Crippen LogP contribution in [-0.2, 0) is 6.54 Å². The van der Waals surface area contributed by atoms with Crippen LogP contribution in [0.3, 0.4) is 0 Å². The van der Waals surface area contributed by atoms with E-state index in [4.69, 9.17) is 0 Å². The molecule has 1 aromatic rings. The van der Waals surface area contributed by atoms with Crippen molar-refractivity contribution in [1.29, 1.82) is 0 Å². The Bertz CT molecular complexity index is 330. The Kier molecular flexibility index (Phi) is 2.60. The van der Waals surface area contributed by atoms with E-state index >= 15 is 0 Å². The van der Waals surface area contributed by atoms with Crippen LogP contribution in [0, 0.1) is 19.8 Å². The largest absolute Gasteiger partial charge is 0.310 e. The second-order valence-corrected chi connectivity index (χ2v) is 4.62. The number of rotatable bonds is 3. The molecule has 1 saturated carbocycles. The van der Waals surface area contributed by atoms with Crippen molar-refractivity contribution in [2.24, 2.45) is 5.92 Å². The normalized spacial score (nSPS) is 25.1. The van der Waals surface area contributed by atoms with Crippen LogP contribution in [0.15, 0.2) is 18.2 Å². The molecule has 0 radical (unpaired) electrons. The van der Waals surface area contributed by atoms with E-state index in [1.807, 2.05) is 0 Å². The van der Waals surface area contributed by atoms with E-state index in [9.17, 15) is 0 Å². The molecular weight excluding hydrogens is 170 g/mol. The standard InChI is InChI=1S/C13H19N/c1-9-4-5-12(6-10(9)2)8-14-13-7-11(13)3/h4-6,11,13-14H,7-8H2,1-3H3/t11-,13-/m1/s1. The minimum Gasteiger partial charge on any atom is -0.310 e. The van der Waals surface area contributed by atoms with Crippen molar-refractivity contribution in [2.45, 2.75) is 39.8 Å². The van der Waals surface area contributed by atoms with Crippen molar-refractivity contribution in [1.82, 2.24) is 5.32 Å². The molecule has 1 aliphatic carbocycles. The third-order valence-corrected chi connectivity index (χ3v) is 3.25. The van der Waals surface area contributed by atoms with E-state index in [-0.39, 0.29) is 0 Å². The van der Waals surface area contributed by atoms with Crippen LogP contribution in [-0.4, -0.2) is 6.04 Å². The summed E-state index contributed by atoms with van der Waals surface area (Å²) in [7, 11) is 0. The molecule has 1 aliphatic rings. The zero-order valence-electron chi connectivity index (χ0n) is 9.30. The lowest BCUT2D eigenvalue weighted by molar-refractivity contribution is 0.652. The molecule has 0 saturated heterocycles. The molecule has 1 N–H and O–H groups in total. The Labute approximate surface area is 86.5 Å². The van der Waals surface area contributed by atoms with Crippen LogP contribution >= 0.6 is 0 Å². The highest BCUT2D eigenvalue weighted by atomic mass is 15.0.